The van der Waals surface area contributed by atoms with Gasteiger partial charge >= 0.3 is 6.18 Å². The van der Waals surface area contributed by atoms with Crippen LogP contribution in [0.2, 0.25) is 5.02 Å². The molecule has 11 heteroatoms. The molecule has 174 valence electrons. The van der Waals surface area contributed by atoms with E-state index in [-0.39, 0.29) is 16.6 Å². The van der Waals surface area contributed by atoms with Crippen molar-refractivity contribution in [3.8, 4) is 5.82 Å². The first-order valence-electron chi connectivity index (χ1n) is 10.4. The van der Waals surface area contributed by atoms with Gasteiger partial charge in [0.2, 0.25) is 5.91 Å². The van der Waals surface area contributed by atoms with Crippen molar-refractivity contribution < 1.29 is 18.0 Å². The van der Waals surface area contributed by atoms with Crippen LogP contribution in [-0.4, -0.2) is 38.7 Å². The Labute approximate surface area is 193 Å². The molecule has 3 aromatic rings. The fraction of sp³-hybridized carbons (Fsp3) is 0.364. The van der Waals surface area contributed by atoms with E-state index in [2.05, 4.69) is 20.4 Å². The highest BCUT2D eigenvalue weighted by Crippen LogP contribution is 2.34. The average Bonchev–Trinajstić information content (AvgIpc) is 3.12. The van der Waals surface area contributed by atoms with Crippen molar-refractivity contribution in [1.82, 2.24) is 19.7 Å². The zero-order valence-electron chi connectivity index (χ0n) is 18.0. The molecule has 1 amide bonds. The van der Waals surface area contributed by atoms with Crippen molar-refractivity contribution in [3.05, 3.63) is 58.6 Å². The van der Waals surface area contributed by atoms with E-state index < -0.39 is 17.7 Å². The largest absolute Gasteiger partial charge is 0.416 e. The van der Waals surface area contributed by atoms with Crippen LogP contribution in [0.3, 0.4) is 0 Å². The molecule has 1 aliphatic heterocycles. The highest BCUT2D eigenvalue weighted by atomic mass is 35.5. The molecule has 0 spiro atoms. The molecule has 1 fully saturated rings. The second kappa shape index (κ2) is 9.01. The standard InChI is InChI=1S/C22H22ClF3N6O/c1-13-8-14(2)32(30-13)20-10-19(27-12-28-20)31-7-3-4-15(11-31)21(33)29-18-9-16(22(24,25)26)5-6-17(18)23/h5-6,8-10,12,15H,3-4,7,11H2,1-2H3,(H,29,33). The maximum Gasteiger partial charge on any atom is 0.416 e. The molecule has 7 nitrogen and oxygen atoms in total. The molecule has 0 bridgehead atoms. The first-order valence-corrected chi connectivity index (χ1v) is 10.8. The van der Waals surface area contributed by atoms with E-state index in [1.807, 2.05) is 30.9 Å². The Morgan fingerprint density at radius 1 is 1.15 bits per heavy atom. The molecule has 0 saturated carbocycles. The smallest absolute Gasteiger partial charge is 0.356 e. The molecule has 1 N–H and O–H groups in total. The van der Waals surface area contributed by atoms with Gasteiger partial charge in [-0.15, -0.1) is 0 Å². The first-order chi connectivity index (χ1) is 15.6. The Balaban J connectivity index is 1.50. The van der Waals surface area contributed by atoms with Crippen LogP contribution < -0.4 is 10.2 Å². The number of halogens is 4. The summed E-state index contributed by atoms with van der Waals surface area (Å²) in [5, 5.41) is 7.06. The normalized spacial score (nSPS) is 16.7. The minimum absolute atomic E-state index is 0.0503. The Morgan fingerprint density at radius 2 is 1.91 bits per heavy atom. The predicted octanol–water partition coefficient (Wildman–Crippen LogP) is 4.81. The van der Waals surface area contributed by atoms with E-state index in [1.165, 1.54) is 6.33 Å². The lowest BCUT2D eigenvalue weighted by atomic mass is 9.97. The number of nitrogens with one attached hydrogen (secondary N) is 1. The summed E-state index contributed by atoms with van der Waals surface area (Å²) in [5.41, 5.74) is 0.884. The molecule has 1 aliphatic rings. The van der Waals surface area contributed by atoms with Crippen molar-refractivity contribution in [3.63, 3.8) is 0 Å². The Bertz CT molecular complexity index is 1180. The highest BCUT2D eigenvalue weighted by molar-refractivity contribution is 6.33. The third-order valence-electron chi connectivity index (χ3n) is 5.53. The van der Waals surface area contributed by atoms with E-state index in [0.29, 0.717) is 31.1 Å². The number of aromatic nitrogens is 4. The molecule has 3 heterocycles. The van der Waals surface area contributed by atoms with Crippen LogP contribution in [0.4, 0.5) is 24.7 Å². The Morgan fingerprint density at radius 3 is 2.61 bits per heavy atom. The summed E-state index contributed by atoms with van der Waals surface area (Å²) >= 11 is 6.03. The van der Waals surface area contributed by atoms with Gasteiger partial charge in [0.25, 0.3) is 0 Å². The number of amides is 1. The van der Waals surface area contributed by atoms with Gasteiger partial charge in [-0.25, -0.2) is 14.6 Å². The fourth-order valence-corrected chi connectivity index (χ4v) is 4.08. The van der Waals surface area contributed by atoms with Gasteiger partial charge in [-0.2, -0.15) is 18.3 Å². The lowest BCUT2D eigenvalue weighted by Gasteiger charge is -2.33. The van der Waals surface area contributed by atoms with Crippen molar-refractivity contribution in [2.24, 2.45) is 5.92 Å². The highest BCUT2D eigenvalue weighted by Gasteiger charge is 2.32. The van der Waals surface area contributed by atoms with Gasteiger partial charge in [0.15, 0.2) is 5.82 Å². The fourth-order valence-electron chi connectivity index (χ4n) is 3.92. The number of anilines is 2. The monoisotopic (exact) mass is 478 g/mol. The van der Waals surface area contributed by atoms with Crippen LogP contribution in [0.5, 0.6) is 0 Å². The quantitative estimate of drug-likeness (QED) is 0.582. The minimum Gasteiger partial charge on any atom is -0.356 e. The Hall–Kier alpha value is -3.14. The molecule has 1 saturated heterocycles. The van der Waals surface area contributed by atoms with E-state index in [0.717, 1.165) is 36.0 Å². The molecule has 2 aromatic heterocycles. The van der Waals surface area contributed by atoms with E-state index >= 15 is 0 Å². The molecule has 1 unspecified atom stereocenters. The number of hydrogen-bond acceptors (Lipinski definition) is 5. The second-order valence-electron chi connectivity index (χ2n) is 8.04. The molecular weight excluding hydrogens is 457 g/mol. The first kappa shape index (κ1) is 23.0. The van der Waals surface area contributed by atoms with E-state index in [1.54, 1.807) is 4.68 Å². The maximum atomic E-state index is 13.0. The third-order valence-corrected chi connectivity index (χ3v) is 5.86. The number of piperidine rings is 1. The lowest BCUT2D eigenvalue weighted by molar-refractivity contribution is -0.137. The maximum absolute atomic E-state index is 13.0. The van der Waals surface area contributed by atoms with Crippen molar-refractivity contribution in [2.45, 2.75) is 32.9 Å². The molecule has 0 radical (unpaired) electrons. The molecule has 0 aliphatic carbocycles. The number of rotatable bonds is 4. The summed E-state index contributed by atoms with van der Waals surface area (Å²) < 4.78 is 40.8. The van der Waals surface area contributed by atoms with E-state index in [4.69, 9.17) is 11.6 Å². The zero-order chi connectivity index (χ0) is 23.8. The summed E-state index contributed by atoms with van der Waals surface area (Å²) in [5.74, 6) is 0.459. The second-order valence-corrected chi connectivity index (χ2v) is 8.45. The summed E-state index contributed by atoms with van der Waals surface area (Å²) in [4.78, 5) is 23.5. The summed E-state index contributed by atoms with van der Waals surface area (Å²) in [6, 6.07) is 6.63. The summed E-state index contributed by atoms with van der Waals surface area (Å²) in [6.07, 6.45) is -1.74. The van der Waals surface area contributed by atoms with Crippen LogP contribution in [0.15, 0.2) is 36.7 Å². The molecular formula is C22H22ClF3N6O. The van der Waals surface area contributed by atoms with Gasteiger partial charge in [0, 0.05) is 24.8 Å². The molecule has 4 rings (SSSR count). The van der Waals surface area contributed by atoms with Gasteiger partial charge in [0.05, 0.1) is 27.9 Å². The van der Waals surface area contributed by atoms with Crippen LogP contribution in [-0.2, 0) is 11.0 Å². The van der Waals surface area contributed by atoms with Gasteiger partial charge in [0.1, 0.15) is 12.1 Å². The van der Waals surface area contributed by atoms with Crippen LogP contribution in [0.1, 0.15) is 29.8 Å². The number of carbonyl (C=O) groups excluding carboxylic acids is 1. The van der Waals surface area contributed by atoms with Gasteiger partial charge in [-0.3, -0.25) is 4.79 Å². The van der Waals surface area contributed by atoms with Crippen molar-refractivity contribution in [2.75, 3.05) is 23.3 Å². The van der Waals surface area contributed by atoms with Crippen LogP contribution >= 0.6 is 11.6 Å². The SMILES string of the molecule is Cc1cc(C)n(-c2cc(N3CCCC(C(=O)Nc4cc(C(F)(F)F)ccc4Cl)C3)ncn2)n1. The number of hydrogen-bond donors (Lipinski definition) is 1. The third kappa shape index (κ3) is 5.11. The predicted molar refractivity (Wildman–Crippen MR) is 119 cm³/mol. The van der Waals surface area contributed by atoms with E-state index in [9.17, 15) is 18.0 Å². The van der Waals surface area contributed by atoms with Gasteiger partial charge < -0.3 is 10.2 Å². The lowest BCUT2D eigenvalue weighted by Crippen LogP contribution is -2.41. The van der Waals surface area contributed by atoms with Crippen molar-refractivity contribution >= 4 is 29.0 Å². The number of benzene rings is 1. The number of carbonyl (C=O) groups is 1. The number of nitrogens with zero attached hydrogens (tertiary/aromatic N) is 5. The molecule has 1 aromatic carbocycles. The minimum atomic E-state index is -4.53. The zero-order valence-corrected chi connectivity index (χ0v) is 18.8. The molecule has 33 heavy (non-hydrogen) atoms. The van der Waals surface area contributed by atoms with Crippen molar-refractivity contribution in [1.29, 1.82) is 0 Å². The van der Waals surface area contributed by atoms with Gasteiger partial charge in [-0.05, 0) is 51.0 Å². The number of alkyl halides is 3. The summed E-state index contributed by atoms with van der Waals surface area (Å²) in [6.45, 7) is 4.90. The summed E-state index contributed by atoms with van der Waals surface area (Å²) in [7, 11) is 0. The topological polar surface area (TPSA) is 75.9 Å². The number of aryl methyl sites for hydroxylation is 2. The average molecular weight is 479 g/mol. The molecule has 1 atom stereocenters. The van der Waals surface area contributed by atoms with Crippen LogP contribution in [0.25, 0.3) is 5.82 Å². The Kier molecular flexibility index (Phi) is 6.29. The van der Waals surface area contributed by atoms with Crippen LogP contribution in [0, 0.1) is 19.8 Å². The van der Waals surface area contributed by atoms with Gasteiger partial charge in [-0.1, -0.05) is 11.6 Å².